The van der Waals surface area contributed by atoms with Gasteiger partial charge in [-0.2, -0.15) is 0 Å². The maximum atomic E-state index is 10.9. The van der Waals surface area contributed by atoms with E-state index in [0.717, 1.165) is 0 Å². The third kappa shape index (κ3) is 6.71. The van der Waals surface area contributed by atoms with Crippen LogP contribution in [0.4, 0.5) is 5.69 Å². The summed E-state index contributed by atoms with van der Waals surface area (Å²) < 4.78 is 0. The van der Waals surface area contributed by atoms with Gasteiger partial charge in [0.2, 0.25) is 0 Å². The number of hydrogen-bond acceptors (Lipinski definition) is 4. The lowest BCUT2D eigenvalue weighted by Gasteiger charge is -2.16. The van der Waals surface area contributed by atoms with E-state index >= 15 is 0 Å². The Kier molecular flexibility index (Phi) is 7.84. The first-order valence-corrected chi connectivity index (χ1v) is 9.04. The molecule has 1 atom stereocenters. The second-order valence-electron chi connectivity index (χ2n) is 5.72. The van der Waals surface area contributed by atoms with Crippen molar-refractivity contribution >= 4 is 34.8 Å². The molecule has 3 N–H and O–H groups in total. The minimum absolute atomic E-state index is 0.0221. The first kappa shape index (κ1) is 21.0. The molecule has 0 spiro atoms. The fourth-order valence-corrected chi connectivity index (χ4v) is 2.90. The van der Waals surface area contributed by atoms with Crippen molar-refractivity contribution in [1.82, 2.24) is 10.6 Å². The molecular formula is C18H20Cl2N4O3. The number of hydrogen-bond donors (Lipinski definition) is 3. The molecule has 0 bridgehead atoms. The smallest absolute Gasteiger partial charge is 0.269 e. The summed E-state index contributed by atoms with van der Waals surface area (Å²) in [5.41, 5.74) is 1.33. The summed E-state index contributed by atoms with van der Waals surface area (Å²) in [4.78, 5) is 14.8. The van der Waals surface area contributed by atoms with Crippen molar-refractivity contribution in [3.8, 4) is 0 Å². The highest BCUT2D eigenvalue weighted by Gasteiger charge is 2.11. The topological polar surface area (TPSA) is 99.8 Å². The number of aliphatic hydroxyl groups excluding tert-OH is 1. The van der Waals surface area contributed by atoms with Gasteiger partial charge in [0.05, 0.1) is 17.6 Å². The quantitative estimate of drug-likeness (QED) is 0.279. The van der Waals surface area contributed by atoms with Crippen LogP contribution in [0.5, 0.6) is 0 Å². The van der Waals surface area contributed by atoms with Gasteiger partial charge in [-0.1, -0.05) is 35.3 Å². The van der Waals surface area contributed by atoms with Crippen molar-refractivity contribution in [2.24, 2.45) is 4.99 Å². The van der Waals surface area contributed by atoms with E-state index in [9.17, 15) is 15.2 Å². The van der Waals surface area contributed by atoms with Gasteiger partial charge in [-0.3, -0.25) is 10.1 Å². The van der Waals surface area contributed by atoms with Crippen molar-refractivity contribution in [2.75, 3.05) is 13.1 Å². The number of non-ortho nitro benzene ring substituents is 1. The zero-order valence-electron chi connectivity index (χ0n) is 14.7. The average Bonchev–Trinajstić information content (AvgIpc) is 2.63. The minimum atomic E-state index is -0.831. The Morgan fingerprint density at radius 1 is 1.22 bits per heavy atom. The highest BCUT2D eigenvalue weighted by Crippen LogP contribution is 2.23. The number of benzene rings is 2. The fourth-order valence-electron chi connectivity index (χ4n) is 2.36. The molecular weight excluding hydrogens is 391 g/mol. The van der Waals surface area contributed by atoms with E-state index in [2.05, 4.69) is 15.6 Å². The summed E-state index contributed by atoms with van der Waals surface area (Å²) in [6.45, 7) is 2.99. The molecule has 2 aromatic rings. The number of rotatable bonds is 7. The van der Waals surface area contributed by atoms with Crippen LogP contribution in [-0.2, 0) is 6.54 Å². The van der Waals surface area contributed by atoms with Crippen LogP contribution in [0.25, 0.3) is 0 Å². The summed E-state index contributed by atoms with van der Waals surface area (Å²) in [5, 5.41) is 28.2. The lowest BCUT2D eigenvalue weighted by atomic mass is 10.1. The molecule has 9 heteroatoms. The lowest BCUT2D eigenvalue weighted by Crippen LogP contribution is -2.39. The Bertz CT molecular complexity index is 810. The Morgan fingerprint density at radius 3 is 2.56 bits per heavy atom. The van der Waals surface area contributed by atoms with Crippen LogP contribution in [0.1, 0.15) is 24.2 Å². The Morgan fingerprint density at radius 2 is 1.93 bits per heavy atom. The number of guanidine groups is 1. The second-order valence-corrected chi connectivity index (χ2v) is 6.59. The van der Waals surface area contributed by atoms with Crippen molar-refractivity contribution < 1.29 is 10.0 Å². The maximum absolute atomic E-state index is 10.9. The summed E-state index contributed by atoms with van der Waals surface area (Å²) in [6.07, 6.45) is -0.831. The van der Waals surface area contributed by atoms with Crippen molar-refractivity contribution in [3.63, 3.8) is 0 Å². The first-order chi connectivity index (χ1) is 12.9. The summed E-state index contributed by atoms with van der Waals surface area (Å²) >= 11 is 11.9. The van der Waals surface area contributed by atoms with Crippen LogP contribution >= 0.6 is 23.2 Å². The molecule has 0 aliphatic heterocycles. The van der Waals surface area contributed by atoms with E-state index in [-0.39, 0.29) is 18.8 Å². The molecule has 0 radical (unpaired) electrons. The number of nitro benzene ring substituents is 1. The summed E-state index contributed by atoms with van der Waals surface area (Å²) in [7, 11) is 0. The van der Waals surface area contributed by atoms with Crippen molar-refractivity contribution in [2.45, 2.75) is 19.6 Å². The minimum Gasteiger partial charge on any atom is -0.387 e. The first-order valence-electron chi connectivity index (χ1n) is 8.28. The van der Waals surface area contributed by atoms with Crippen LogP contribution in [0, 0.1) is 10.1 Å². The molecule has 0 amide bonds. The van der Waals surface area contributed by atoms with E-state index in [4.69, 9.17) is 23.2 Å². The molecule has 0 saturated heterocycles. The molecule has 0 aromatic heterocycles. The van der Waals surface area contributed by atoms with Gasteiger partial charge in [-0.05, 0) is 36.2 Å². The van der Waals surface area contributed by atoms with Crippen LogP contribution in [0.2, 0.25) is 10.0 Å². The zero-order chi connectivity index (χ0) is 19.8. The van der Waals surface area contributed by atoms with Gasteiger partial charge in [0.25, 0.3) is 5.69 Å². The molecule has 1 unspecified atom stereocenters. The van der Waals surface area contributed by atoms with Gasteiger partial charge in [0.1, 0.15) is 0 Å². The molecule has 27 heavy (non-hydrogen) atoms. The van der Waals surface area contributed by atoms with Crippen molar-refractivity contribution in [3.05, 3.63) is 73.8 Å². The van der Waals surface area contributed by atoms with Gasteiger partial charge < -0.3 is 15.7 Å². The largest absolute Gasteiger partial charge is 0.387 e. The number of aliphatic hydroxyl groups is 1. The molecule has 0 aliphatic carbocycles. The molecule has 0 aliphatic rings. The third-order valence-electron chi connectivity index (χ3n) is 3.62. The van der Waals surface area contributed by atoms with Crippen molar-refractivity contribution in [1.29, 1.82) is 0 Å². The van der Waals surface area contributed by atoms with Gasteiger partial charge in [-0.15, -0.1) is 0 Å². The van der Waals surface area contributed by atoms with Gasteiger partial charge in [-0.25, -0.2) is 4.99 Å². The molecule has 2 rings (SSSR count). The second kappa shape index (κ2) is 10.1. The predicted octanol–water partition coefficient (Wildman–Crippen LogP) is 3.69. The predicted molar refractivity (Wildman–Crippen MR) is 107 cm³/mol. The Balaban J connectivity index is 2.02. The monoisotopic (exact) mass is 410 g/mol. The lowest BCUT2D eigenvalue weighted by molar-refractivity contribution is -0.384. The average molecular weight is 411 g/mol. The van der Waals surface area contributed by atoms with Crippen LogP contribution < -0.4 is 10.6 Å². The number of nitro groups is 1. The highest BCUT2D eigenvalue weighted by molar-refractivity contribution is 6.34. The SMILES string of the molecule is CCNC(=NCc1cccc([N+](=O)[O-])c1)NCC(O)c1cc(Cl)cc(Cl)c1. The third-order valence-corrected chi connectivity index (χ3v) is 4.05. The standard InChI is InChI=1S/C18H20Cl2N4O3/c1-2-21-18(22-10-12-4-3-5-16(6-12)24(26)27)23-11-17(25)13-7-14(19)9-15(20)8-13/h3-9,17,25H,2,10-11H2,1H3,(H2,21,22,23). The van der Waals surface area contributed by atoms with E-state index in [1.54, 1.807) is 30.3 Å². The molecule has 2 aromatic carbocycles. The Hall–Kier alpha value is -2.35. The Labute approximate surface area is 167 Å². The molecule has 144 valence electrons. The van der Waals surface area contributed by atoms with Gasteiger partial charge in [0.15, 0.2) is 5.96 Å². The van der Waals surface area contributed by atoms with Crippen LogP contribution in [0.15, 0.2) is 47.5 Å². The van der Waals surface area contributed by atoms with Crippen LogP contribution in [0.3, 0.4) is 0 Å². The van der Waals surface area contributed by atoms with Gasteiger partial charge >= 0.3 is 0 Å². The van der Waals surface area contributed by atoms with E-state index < -0.39 is 11.0 Å². The summed E-state index contributed by atoms with van der Waals surface area (Å²) in [5.74, 6) is 0.483. The van der Waals surface area contributed by atoms with E-state index in [1.165, 1.54) is 12.1 Å². The molecule has 7 nitrogen and oxygen atoms in total. The molecule has 0 heterocycles. The number of nitrogens with one attached hydrogen (secondary N) is 2. The molecule has 0 fully saturated rings. The van der Waals surface area contributed by atoms with Gasteiger partial charge in [0, 0.05) is 35.3 Å². The van der Waals surface area contributed by atoms with Crippen LogP contribution in [-0.4, -0.2) is 29.1 Å². The maximum Gasteiger partial charge on any atom is 0.269 e. The number of halogens is 2. The molecule has 0 saturated carbocycles. The highest BCUT2D eigenvalue weighted by atomic mass is 35.5. The summed E-state index contributed by atoms with van der Waals surface area (Å²) in [6, 6.07) is 11.2. The number of nitrogens with zero attached hydrogens (tertiary/aromatic N) is 2. The van der Waals surface area contributed by atoms with E-state index in [0.29, 0.717) is 33.7 Å². The fraction of sp³-hybridized carbons (Fsp3) is 0.278. The van der Waals surface area contributed by atoms with E-state index in [1.807, 2.05) is 6.92 Å². The zero-order valence-corrected chi connectivity index (χ0v) is 16.2. The number of aliphatic imine (C=N–C) groups is 1. The normalized spacial score (nSPS) is 12.5.